The molecule has 0 fully saturated rings. The summed E-state index contributed by atoms with van der Waals surface area (Å²) in [7, 11) is 1.54. The Hall–Kier alpha value is -1.37. The molecule has 7 heteroatoms. The van der Waals surface area contributed by atoms with Crippen LogP contribution in [0.15, 0.2) is 22.9 Å². The Balaban J connectivity index is 2.50. The summed E-state index contributed by atoms with van der Waals surface area (Å²) < 4.78 is 20.9. The second-order valence-corrected chi connectivity index (χ2v) is 7.69. The fourth-order valence-electron chi connectivity index (χ4n) is 1.63. The molecule has 1 atom stereocenters. The lowest BCUT2D eigenvalue weighted by Gasteiger charge is -2.17. The van der Waals surface area contributed by atoms with Crippen molar-refractivity contribution in [2.45, 2.75) is 25.5 Å². The van der Waals surface area contributed by atoms with Gasteiger partial charge in [-0.25, -0.2) is 9.97 Å². The van der Waals surface area contributed by atoms with Crippen LogP contribution in [-0.4, -0.2) is 32.6 Å². The Labute approximate surface area is 131 Å². The van der Waals surface area contributed by atoms with Gasteiger partial charge in [0.2, 0.25) is 5.88 Å². The van der Waals surface area contributed by atoms with Crippen LogP contribution >= 0.6 is 11.6 Å². The summed E-state index contributed by atoms with van der Waals surface area (Å²) in [4.78, 5) is 8.23. The van der Waals surface area contributed by atoms with Crippen molar-refractivity contribution in [3.63, 3.8) is 0 Å². The third-order valence-electron chi connectivity index (χ3n) is 2.74. The maximum atomic E-state index is 12.0. The van der Waals surface area contributed by atoms with Crippen LogP contribution in [0.2, 0.25) is 5.15 Å². The maximum absolute atomic E-state index is 12.0. The summed E-state index contributed by atoms with van der Waals surface area (Å²) in [5.74, 6) is 0.461. The highest BCUT2D eigenvalue weighted by molar-refractivity contribution is 7.91. The van der Waals surface area contributed by atoms with Gasteiger partial charge in [0.15, 0.2) is 0 Å². The molecule has 0 saturated heterocycles. The fourth-order valence-corrected chi connectivity index (χ4v) is 2.32. The maximum Gasteiger partial charge on any atom is 0.222 e. The Morgan fingerprint density at radius 1 is 1.29 bits per heavy atom. The minimum atomic E-state index is -1.33. The number of ether oxygens (including phenoxy) is 1. The summed E-state index contributed by atoms with van der Waals surface area (Å²) in [6, 6.07) is 1.71. The predicted octanol–water partition coefficient (Wildman–Crippen LogP) is 3.17. The zero-order valence-electron chi connectivity index (χ0n) is 12.3. The largest absolute Gasteiger partial charge is 0.591 e. The molecule has 21 heavy (non-hydrogen) atoms. The molecule has 112 valence electrons. The van der Waals surface area contributed by atoms with Crippen LogP contribution in [0.25, 0.3) is 10.8 Å². The summed E-state index contributed by atoms with van der Waals surface area (Å²) in [6.45, 7) is 5.60. The Morgan fingerprint density at radius 2 is 2.00 bits per heavy atom. The van der Waals surface area contributed by atoms with Crippen LogP contribution in [0.3, 0.4) is 0 Å². The summed E-state index contributed by atoms with van der Waals surface area (Å²) >= 11 is 4.61. The van der Waals surface area contributed by atoms with Gasteiger partial charge in [-0.1, -0.05) is 16.0 Å². The average molecular weight is 326 g/mol. The Bertz CT molecular complexity index is 686. The number of halogens is 1. The molecule has 5 nitrogen and oxygen atoms in total. The monoisotopic (exact) mass is 325 g/mol. The van der Waals surface area contributed by atoms with Gasteiger partial charge < -0.3 is 9.29 Å². The molecule has 0 N–H and O–H groups in total. The van der Waals surface area contributed by atoms with Crippen molar-refractivity contribution in [2.24, 2.45) is 4.40 Å². The molecule has 2 aromatic heterocycles. The average Bonchev–Trinajstić information content (AvgIpc) is 2.43. The van der Waals surface area contributed by atoms with Gasteiger partial charge in [0.05, 0.1) is 18.7 Å². The van der Waals surface area contributed by atoms with Gasteiger partial charge in [-0.2, -0.15) is 0 Å². The molecule has 2 aromatic rings. The molecule has 0 aromatic carbocycles. The van der Waals surface area contributed by atoms with Crippen molar-refractivity contribution >= 4 is 39.9 Å². The predicted molar refractivity (Wildman–Crippen MR) is 86.6 cm³/mol. The number of fused-ring (bicyclic) bond motifs is 1. The Kier molecular flexibility index (Phi) is 4.70. The first-order valence-corrected chi connectivity index (χ1v) is 7.75. The normalized spacial score (nSPS) is 13.8. The quantitative estimate of drug-likeness (QED) is 0.493. The molecule has 2 heterocycles. The van der Waals surface area contributed by atoms with Crippen LogP contribution < -0.4 is 4.74 Å². The number of nitrogens with zero attached hydrogens (tertiary/aromatic N) is 3. The number of aromatic nitrogens is 2. The van der Waals surface area contributed by atoms with Crippen molar-refractivity contribution in [3.8, 4) is 5.88 Å². The minimum absolute atomic E-state index is 0.363. The number of methoxy groups -OCH3 is 1. The minimum Gasteiger partial charge on any atom is -0.591 e. The van der Waals surface area contributed by atoms with Crippen molar-refractivity contribution < 1.29 is 9.29 Å². The molecule has 0 spiro atoms. The van der Waals surface area contributed by atoms with Gasteiger partial charge in [0.25, 0.3) is 0 Å². The van der Waals surface area contributed by atoms with Gasteiger partial charge in [-0.05, 0) is 26.8 Å². The molecule has 0 bridgehead atoms. The lowest BCUT2D eigenvalue weighted by Crippen LogP contribution is -2.25. The third-order valence-corrected chi connectivity index (χ3v) is 4.29. The van der Waals surface area contributed by atoms with E-state index in [9.17, 15) is 4.55 Å². The zero-order valence-corrected chi connectivity index (χ0v) is 13.8. The lowest BCUT2D eigenvalue weighted by atomic mass is 10.1. The van der Waals surface area contributed by atoms with Crippen LogP contribution in [0.1, 0.15) is 26.3 Å². The first-order valence-electron chi connectivity index (χ1n) is 6.27. The molecule has 1 unspecified atom stereocenters. The van der Waals surface area contributed by atoms with Crippen molar-refractivity contribution in [1.29, 1.82) is 0 Å². The van der Waals surface area contributed by atoms with Crippen molar-refractivity contribution in [3.05, 3.63) is 29.2 Å². The van der Waals surface area contributed by atoms with E-state index < -0.39 is 16.1 Å². The number of hydrogen-bond acceptors (Lipinski definition) is 5. The van der Waals surface area contributed by atoms with E-state index in [1.165, 1.54) is 0 Å². The van der Waals surface area contributed by atoms with Crippen LogP contribution in [0.5, 0.6) is 5.88 Å². The second kappa shape index (κ2) is 6.17. The number of rotatable bonds is 3. The topological polar surface area (TPSA) is 70.4 Å². The van der Waals surface area contributed by atoms with E-state index in [0.29, 0.717) is 16.6 Å². The third kappa shape index (κ3) is 3.64. The highest BCUT2D eigenvalue weighted by Gasteiger charge is 2.25. The standard InChI is InChI=1S/C14H16ClN3O2S/c1-14(2,3)21(19)18-7-9-6-17-13(20-4)11-8-16-12(15)5-10(9)11/h5-8H,1-4H3. The van der Waals surface area contributed by atoms with E-state index in [4.69, 9.17) is 16.3 Å². The van der Waals surface area contributed by atoms with E-state index in [0.717, 1.165) is 10.8 Å². The van der Waals surface area contributed by atoms with E-state index in [1.54, 1.807) is 31.8 Å². The van der Waals surface area contributed by atoms with Gasteiger partial charge in [0, 0.05) is 23.3 Å². The summed E-state index contributed by atoms with van der Waals surface area (Å²) in [5, 5.41) is 1.89. The van der Waals surface area contributed by atoms with Crippen LogP contribution in [-0.2, 0) is 11.4 Å². The molecule has 0 saturated carbocycles. The van der Waals surface area contributed by atoms with Gasteiger partial charge in [0.1, 0.15) is 21.3 Å². The highest BCUT2D eigenvalue weighted by atomic mass is 35.5. The first-order chi connectivity index (χ1) is 9.82. The van der Waals surface area contributed by atoms with E-state index in [-0.39, 0.29) is 0 Å². The summed E-state index contributed by atoms with van der Waals surface area (Å²) in [6.07, 6.45) is 4.76. The molecule has 0 radical (unpaired) electrons. The van der Waals surface area contributed by atoms with Crippen molar-refractivity contribution in [2.75, 3.05) is 7.11 Å². The molecule has 2 rings (SSSR count). The Morgan fingerprint density at radius 3 is 2.62 bits per heavy atom. The molecule has 0 aliphatic carbocycles. The second-order valence-electron chi connectivity index (χ2n) is 5.37. The van der Waals surface area contributed by atoms with Gasteiger partial charge in [-0.3, -0.25) is 0 Å². The van der Waals surface area contributed by atoms with Crippen molar-refractivity contribution in [1.82, 2.24) is 9.97 Å². The number of hydrogen-bond donors (Lipinski definition) is 0. The SMILES string of the molecule is COc1ncc(C=N[S+]([O-])C(C)(C)C)c2cc(Cl)ncc12. The molecular weight excluding hydrogens is 310 g/mol. The first kappa shape index (κ1) is 16.0. The summed E-state index contributed by atoms with van der Waals surface area (Å²) in [5.41, 5.74) is 0.715. The molecule has 0 aliphatic heterocycles. The highest BCUT2D eigenvalue weighted by Crippen LogP contribution is 2.27. The lowest BCUT2D eigenvalue weighted by molar-refractivity contribution is 0.403. The van der Waals surface area contributed by atoms with Crippen LogP contribution in [0.4, 0.5) is 0 Å². The smallest absolute Gasteiger partial charge is 0.222 e. The zero-order chi connectivity index (χ0) is 15.6. The molecule has 0 amide bonds. The number of pyridine rings is 2. The van der Waals surface area contributed by atoms with Gasteiger partial charge in [-0.15, -0.1) is 0 Å². The van der Waals surface area contributed by atoms with E-state index in [2.05, 4.69) is 14.4 Å². The van der Waals surface area contributed by atoms with E-state index in [1.807, 2.05) is 20.8 Å². The van der Waals surface area contributed by atoms with Gasteiger partial charge >= 0.3 is 0 Å². The van der Waals surface area contributed by atoms with E-state index >= 15 is 0 Å². The molecular formula is C14H16ClN3O2S. The fraction of sp³-hybridized carbons (Fsp3) is 0.357. The molecule has 0 aliphatic rings. The van der Waals surface area contributed by atoms with Crippen LogP contribution in [0, 0.1) is 0 Å².